The molecule has 1 aliphatic heterocycles. The van der Waals surface area contributed by atoms with E-state index in [0.29, 0.717) is 0 Å². The standard InChI is InChI=1S/C17H20N4O/c1-12-5-3-8-19-17(12)20-16-11-14(7-9-18-16)15-6-4-10-21(15)13(2)22/h3,5,7-9,11,15H,4,6,10H2,1-2H3,(H,18,19,20). The van der Waals surface area contributed by atoms with E-state index in [9.17, 15) is 4.79 Å². The van der Waals surface area contributed by atoms with Crippen molar-refractivity contribution in [3.63, 3.8) is 0 Å². The molecular weight excluding hydrogens is 276 g/mol. The summed E-state index contributed by atoms with van der Waals surface area (Å²) < 4.78 is 0. The van der Waals surface area contributed by atoms with Gasteiger partial charge in [0.25, 0.3) is 0 Å². The van der Waals surface area contributed by atoms with Crippen molar-refractivity contribution in [1.29, 1.82) is 0 Å². The summed E-state index contributed by atoms with van der Waals surface area (Å²) >= 11 is 0. The van der Waals surface area contributed by atoms with Crippen molar-refractivity contribution in [3.8, 4) is 0 Å². The van der Waals surface area contributed by atoms with Gasteiger partial charge in [0, 0.05) is 25.9 Å². The number of rotatable bonds is 3. The number of carbonyl (C=O) groups is 1. The van der Waals surface area contributed by atoms with Gasteiger partial charge in [-0.05, 0) is 49.1 Å². The molecule has 0 aromatic carbocycles. The lowest BCUT2D eigenvalue weighted by atomic mass is 10.1. The monoisotopic (exact) mass is 296 g/mol. The van der Waals surface area contributed by atoms with Crippen LogP contribution < -0.4 is 5.32 Å². The van der Waals surface area contributed by atoms with Crippen LogP contribution in [0.15, 0.2) is 36.7 Å². The molecule has 1 unspecified atom stereocenters. The van der Waals surface area contributed by atoms with E-state index in [-0.39, 0.29) is 11.9 Å². The van der Waals surface area contributed by atoms with Crippen LogP contribution in [0.4, 0.5) is 11.6 Å². The third kappa shape index (κ3) is 2.93. The van der Waals surface area contributed by atoms with Crippen molar-refractivity contribution >= 4 is 17.5 Å². The summed E-state index contributed by atoms with van der Waals surface area (Å²) in [6.45, 7) is 4.48. The summed E-state index contributed by atoms with van der Waals surface area (Å²) in [5, 5.41) is 3.25. The number of amides is 1. The van der Waals surface area contributed by atoms with E-state index in [1.807, 2.05) is 36.1 Å². The Hall–Kier alpha value is -2.43. The maximum absolute atomic E-state index is 11.7. The first kappa shape index (κ1) is 14.5. The van der Waals surface area contributed by atoms with Crippen molar-refractivity contribution in [2.75, 3.05) is 11.9 Å². The molecule has 5 nitrogen and oxygen atoms in total. The van der Waals surface area contributed by atoms with E-state index in [2.05, 4.69) is 15.3 Å². The van der Waals surface area contributed by atoms with E-state index in [0.717, 1.165) is 42.1 Å². The molecule has 1 N–H and O–H groups in total. The zero-order valence-corrected chi connectivity index (χ0v) is 12.9. The zero-order valence-electron chi connectivity index (χ0n) is 12.9. The van der Waals surface area contributed by atoms with Gasteiger partial charge in [-0.1, -0.05) is 6.07 Å². The van der Waals surface area contributed by atoms with Crippen LogP contribution in [0.3, 0.4) is 0 Å². The summed E-state index contributed by atoms with van der Waals surface area (Å²) in [6, 6.07) is 8.08. The number of aromatic nitrogens is 2. The van der Waals surface area contributed by atoms with E-state index < -0.39 is 0 Å². The first-order valence-corrected chi connectivity index (χ1v) is 7.57. The second-order valence-corrected chi connectivity index (χ2v) is 5.64. The van der Waals surface area contributed by atoms with Crippen molar-refractivity contribution in [2.45, 2.75) is 32.7 Å². The topological polar surface area (TPSA) is 58.1 Å². The minimum absolute atomic E-state index is 0.134. The van der Waals surface area contributed by atoms with Crippen LogP contribution in [0.1, 0.15) is 36.9 Å². The average molecular weight is 296 g/mol. The van der Waals surface area contributed by atoms with Gasteiger partial charge in [0.1, 0.15) is 11.6 Å². The Bertz CT molecular complexity index is 686. The number of hydrogen-bond acceptors (Lipinski definition) is 4. The molecule has 1 saturated heterocycles. The highest BCUT2D eigenvalue weighted by Gasteiger charge is 2.27. The fourth-order valence-corrected chi connectivity index (χ4v) is 2.95. The summed E-state index contributed by atoms with van der Waals surface area (Å²) in [7, 11) is 0. The number of hydrogen-bond donors (Lipinski definition) is 1. The molecule has 5 heteroatoms. The number of nitrogens with one attached hydrogen (secondary N) is 1. The molecule has 0 aliphatic carbocycles. The molecule has 2 aromatic heterocycles. The minimum Gasteiger partial charge on any atom is -0.336 e. The molecule has 1 aliphatic rings. The first-order valence-electron chi connectivity index (χ1n) is 7.57. The quantitative estimate of drug-likeness (QED) is 0.945. The molecule has 22 heavy (non-hydrogen) atoms. The average Bonchev–Trinajstić information content (AvgIpc) is 3.00. The fourth-order valence-electron chi connectivity index (χ4n) is 2.95. The maximum Gasteiger partial charge on any atom is 0.219 e. The predicted molar refractivity (Wildman–Crippen MR) is 85.9 cm³/mol. The van der Waals surface area contributed by atoms with Gasteiger partial charge < -0.3 is 10.2 Å². The van der Waals surface area contributed by atoms with Crippen molar-refractivity contribution < 1.29 is 4.79 Å². The summed E-state index contributed by atoms with van der Waals surface area (Å²) in [4.78, 5) is 22.4. The smallest absolute Gasteiger partial charge is 0.219 e. The molecular formula is C17H20N4O. The summed E-state index contributed by atoms with van der Waals surface area (Å²) in [6.07, 6.45) is 5.60. The number of aryl methyl sites for hydroxylation is 1. The number of nitrogens with zero attached hydrogens (tertiary/aromatic N) is 3. The van der Waals surface area contributed by atoms with Gasteiger partial charge in [-0.25, -0.2) is 9.97 Å². The predicted octanol–water partition coefficient (Wildman–Crippen LogP) is 3.21. The molecule has 3 rings (SSSR count). The third-order valence-electron chi connectivity index (χ3n) is 4.08. The Morgan fingerprint density at radius 1 is 1.32 bits per heavy atom. The van der Waals surface area contributed by atoms with Gasteiger partial charge in [-0.15, -0.1) is 0 Å². The number of likely N-dealkylation sites (tertiary alicyclic amines) is 1. The highest BCUT2D eigenvalue weighted by atomic mass is 16.2. The van der Waals surface area contributed by atoms with Gasteiger partial charge in [-0.2, -0.15) is 0 Å². The van der Waals surface area contributed by atoms with E-state index in [1.54, 1.807) is 19.3 Å². The van der Waals surface area contributed by atoms with Crippen LogP contribution in [-0.4, -0.2) is 27.3 Å². The molecule has 1 fully saturated rings. The van der Waals surface area contributed by atoms with Gasteiger partial charge in [-0.3, -0.25) is 4.79 Å². The highest BCUT2D eigenvalue weighted by molar-refractivity contribution is 5.74. The Morgan fingerprint density at radius 3 is 2.95 bits per heavy atom. The zero-order chi connectivity index (χ0) is 15.5. The van der Waals surface area contributed by atoms with Gasteiger partial charge >= 0.3 is 0 Å². The molecule has 0 radical (unpaired) electrons. The summed E-state index contributed by atoms with van der Waals surface area (Å²) in [5.41, 5.74) is 2.19. The van der Waals surface area contributed by atoms with Crippen LogP contribution in [0.2, 0.25) is 0 Å². The van der Waals surface area contributed by atoms with E-state index in [1.165, 1.54) is 0 Å². The Morgan fingerprint density at radius 2 is 2.18 bits per heavy atom. The number of anilines is 2. The van der Waals surface area contributed by atoms with Crippen molar-refractivity contribution in [3.05, 3.63) is 47.8 Å². The summed E-state index contributed by atoms with van der Waals surface area (Å²) in [5.74, 6) is 1.70. The SMILES string of the molecule is CC(=O)N1CCCC1c1ccnc(Nc2ncccc2C)c1. The molecule has 0 saturated carbocycles. The molecule has 0 bridgehead atoms. The largest absolute Gasteiger partial charge is 0.336 e. The Kier molecular flexibility index (Phi) is 4.04. The lowest BCUT2D eigenvalue weighted by molar-refractivity contribution is -0.129. The first-order chi connectivity index (χ1) is 10.6. The minimum atomic E-state index is 0.134. The lowest BCUT2D eigenvalue weighted by Gasteiger charge is -2.24. The van der Waals surface area contributed by atoms with E-state index >= 15 is 0 Å². The van der Waals surface area contributed by atoms with Crippen LogP contribution in [0, 0.1) is 6.92 Å². The van der Waals surface area contributed by atoms with Gasteiger partial charge in [0.05, 0.1) is 6.04 Å². The van der Waals surface area contributed by atoms with Gasteiger partial charge in [0.15, 0.2) is 0 Å². The normalized spacial score (nSPS) is 17.5. The van der Waals surface area contributed by atoms with Crippen LogP contribution in [0.25, 0.3) is 0 Å². The Balaban J connectivity index is 1.84. The van der Waals surface area contributed by atoms with Crippen LogP contribution in [0.5, 0.6) is 0 Å². The Labute approximate surface area is 130 Å². The van der Waals surface area contributed by atoms with E-state index in [4.69, 9.17) is 0 Å². The van der Waals surface area contributed by atoms with Crippen molar-refractivity contribution in [2.24, 2.45) is 0 Å². The fraction of sp³-hybridized carbons (Fsp3) is 0.353. The molecule has 0 spiro atoms. The molecule has 2 aromatic rings. The molecule has 114 valence electrons. The second kappa shape index (κ2) is 6.13. The molecule has 3 heterocycles. The molecule has 1 atom stereocenters. The lowest BCUT2D eigenvalue weighted by Crippen LogP contribution is -2.28. The molecule has 1 amide bonds. The van der Waals surface area contributed by atoms with Crippen molar-refractivity contribution in [1.82, 2.24) is 14.9 Å². The number of pyridine rings is 2. The van der Waals surface area contributed by atoms with Crippen LogP contribution >= 0.6 is 0 Å². The van der Waals surface area contributed by atoms with Gasteiger partial charge in [0.2, 0.25) is 5.91 Å². The number of carbonyl (C=O) groups excluding carboxylic acids is 1. The highest BCUT2D eigenvalue weighted by Crippen LogP contribution is 2.32. The van der Waals surface area contributed by atoms with Crippen LogP contribution in [-0.2, 0) is 4.79 Å². The maximum atomic E-state index is 11.7. The second-order valence-electron chi connectivity index (χ2n) is 5.64. The third-order valence-corrected chi connectivity index (χ3v) is 4.08.